The number of carboxylic acid groups (broad SMARTS) is 1. The molecule has 2 fully saturated rings. The third-order valence-electron chi connectivity index (χ3n) is 3.87. The molecule has 0 aromatic carbocycles. The Bertz CT molecular complexity index is 413. The number of hydrogen-bond donors (Lipinski definition) is 1. The summed E-state index contributed by atoms with van der Waals surface area (Å²) < 4.78 is 19.6. The number of ether oxygens (including phenoxy) is 1. The molecule has 1 unspecified atom stereocenters. The van der Waals surface area contributed by atoms with Crippen LogP contribution in [0.25, 0.3) is 0 Å². The van der Waals surface area contributed by atoms with Crippen molar-refractivity contribution in [1.29, 1.82) is 0 Å². The molecular weight excluding hydrogens is 253 g/mol. The van der Waals surface area contributed by atoms with Crippen LogP contribution in [0.5, 0.6) is 0 Å². The molecule has 19 heavy (non-hydrogen) atoms. The number of alkyl halides is 1. The second kappa shape index (κ2) is 4.08. The summed E-state index contributed by atoms with van der Waals surface area (Å²) in [5.41, 5.74) is -3.68. The van der Waals surface area contributed by atoms with Crippen LogP contribution in [0.3, 0.4) is 0 Å². The fourth-order valence-electron chi connectivity index (χ4n) is 2.84. The number of carbonyl (C=O) groups is 2. The Morgan fingerprint density at radius 3 is 2.26 bits per heavy atom. The van der Waals surface area contributed by atoms with Crippen LogP contribution in [-0.2, 0) is 9.53 Å². The number of amides is 1. The van der Waals surface area contributed by atoms with Crippen molar-refractivity contribution in [2.75, 3.05) is 6.54 Å². The SMILES string of the molecule is CC(C)(C)OC(=O)N1CC(F)(C(=O)O)CC12CCC2. The zero-order valence-electron chi connectivity index (χ0n) is 11.5. The number of carbonyl (C=O) groups excluding carboxylic acids is 1. The van der Waals surface area contributed by atoms with Crippen LogP contribution in [0.1, 0.15) is 46.5 Å². The van der Waals surface area contributed by atoms with E-state index in [1.807, 2.05) is 0 Å². The van der Waals surface area contributed by atoms with Crippen LogP contribution in [0.15, 0.2) is 0 Å². The molecule has 0 aromatic heterocycles. The minimum Gasteiger partial charge on any atom is -0.479 e. The Balaban J connectivity index is 2.19. The maximum Gasteiger partial charge on any atom is 0.410 e. The highest BCUT2D eigenvalue weighted by Gasteiger charge is 2.62. The van der Waals surface area contributed by atoms with E-state index in [1.165, 1.54) is 4.90 Å². The van der Waals surface area contributed by atoms with Gasteiger partial charge in [0.1, 0.15) is 5.60 Å². The van der Waals surface area contributed by atoms with Crippen LogP contribution < -0.4 is 0 Å². The van der Waals surface area contributed by atoms with E-state index in [0.717, 1.165) is 6.42 Å². The lowest BCUT2D eigenvalue weighted by Gasteiger charge is -2.45. The zero-order valence-corrected chi connectivity index (χ0v) is 11.5. The average molecular weight is 273 g/mol. The fourth-order valence-corrected chi connectivity index (χ4v) is 2.84. The van der Waals surface area contributed by atoms with Gasteiger partial charge >= 0.3 is 12.1 Å². The lowest BCUT2D eigenvalue weighted by Crippen LogP contribution is -2.53. The van der Waals surface area contributed by atoms with Gasteiger partial charge in [0.25, 0.3) is 0 Å². The van der Waals surface area contributed by atoms with Crippen LogP contribution in [0.2, 0.25) is 0 Å². The standard InChI is InChI=1S/C13H20FNO4/c1-11(2,3)19-10(18)15-8-13(14,9(16)17)7-12(15)5-4-6-12/h4-8H2,1-3H3,(H,16,17). The summed E-state index contributed by atoms with van der Waals surface area (Å²) in [6.07, 6.45) is 1.42. The fraction of sp³-hybridized carbons (Fsp3) is 0.846. The lowest BCUT2D eigenvalue weighted by molar-refractivity contribution is -0.150. The second-order valence-corrected chi connectivity index (χ2v) is 6.59. The topological polar surface area (TPSA) is 66.8 Å². The van der Waals surface area contributed by atoms with Crippen molar-refractivity contribution in [2.45, 2.75) is 63.3 Å². The predicted molar refractivity (Wildman–Crippen MR) is 65.6 cm³/mol. The largest absolute Gasteiger partial charge is 0.479 e. The Morgan fingerprint density at radius 1 is 1.32 bits per heavy atom. The van der Waals surface area contributed by atoms with Crippen molar-refractivity contribution < 1.29 is 23.8 Å². The first kappa shape index (κ1) is 14.1. The minimum absolute atomic E-state index is 0.130. The van der Waals surface area contributed by atoms with Crippen molar-refractivity contribution in [3.8, 4) is 0 Å². The smallest absolute Gasteiger partial charge is 0.410 e. The summed E-state index contributed by atoms with van der Waals surface area (Å²) >= 11 is 0. The van der Waals surface area contributed by atoms with Gasteiger partial charge in [0, 0.05) is 6.42 Å². The Kier molecular flexibility index (Phi) is 3.03. The number of likely N-dealkylation sites (tertiary alicyclic amines) is 1. The van der Waals surface area contributed by atoms with E-state index < -0.39 is 35.4 Å². The first-order valence-electron chi connectivity index (χ1n) is 6.51. The highest BCUT2D eigenvalue weighted by molar-refractivity contribution is 5.81. The van der Waals surface area contributed by atoms with Crippen LogP contribution in [0.4, 0.5) is 9.18 Å². The number of halogens is 1. The van der Waals surface area contributed by atoms with E-state index in [0.29, 0.717) is 12.8 Å². The monoisotopic (exact) mass is 273 g/mol. The van der Waals surface area contributed by atoms with Gasteiger partial charge in [-0.3, -0.25) is 4.90 Å². The van der Waals surface area contributed by atoms with E-state index in [2.05, 4.69) is 0 Å². The molecule has 1 aliphatic carbocycles. The molecule has 0 radical (unpaired) electrons. The minimum atomic E-state index is -2.35. The van der Waals surface area contributed by atoms with Crippen molar-refractivity contribution in [3.63, 3.8) is 0 Å². The normalized spacial score (nSPS) is 29.2. The van der Waals surface area contributed by atoms with Crippen molar-refractivity contribution in [3.05, 3.63) is 0 Å². The van der Waals surface area contributed by atoms with Crippen molar-refractivity contribution >= 4 is 12.1 Å². The summed E-state index contributed by atoms with van der Waals surface area (Å²) in [6, 6.07) is 0. The maximum atomic E-state index is 14.3. The van der Waals surface area contributed by atoms with Gasteiger partial charge in [0.15, 0.2) is 0 Å². The van der Waals surface area contributed by atoms with Gasteiger partial charge in [-0.25, -0.2) is 14.0 Å². The predicted octanol–water partition coefficient (Wildman–Crippen LogP) is 2.34. The van der Waals surface area contributed by atoms with E-state index in [1.54, 1.807) is 20.8 Å². The third kappa shape index (κ3) is 2.40. The lowest BCUT2D eigenvalue weighted by atomic mass is 9.73. The third-order valence-corrected chi connectivity index (χ3v) is 3.87. The van der Waals surface area contributed by atoms with E-state index in [4.69, 9.17) is 9.84 Å². The molecule has 0 aromatic rings. The highest BCUT2D eigenvalue weighted by atomic mass is 19.1. The van der Waals surface area contributed by atoms with Gasteiger partial charge in [-0.15, -0.1) is 0 Å². The van der Waals surface area contributed by atoms with Gasteiger partial charge in [0.05, 0.1) is 12.1 Å². The molecule has 1 saturated carbocycles. The molecule has 0 bridgehead atoms. The molecule has 6 heteroatoms. The Hall–Kier alpha value is -1.33. The number of carboxylic acids is 1. The first-order valence-corrected chi connectivity index (χ1v) is 6.51. The van der Waals surface area contributed by atoms with Gasteiger partial charge in [-0.1, -0.05) is 0 Å². The van der Waals surface area contributed by atoms with Gasteiger partial charge in [0.2, 0.25) is 5.67 Å². The summed E-state index contributed by atoms with van der Waals surface area (Å²) in [5, 5.41) is 9.00. The average Bonchev–Trinajstić information content (AvgIpc) is 2.51. The van der Waals surface area contributed by atoms with Crippen LogP contribution >= 0.6 is 0 Å². The van der Waals surface area contributed by atoms with E-state index in [9.17, 15) is 14.0 Å². The number of rotatable bonds is 1. The number of hydrogen-bond acceptors (Lipinski definition) is 3. The molecule has 1 amide bonds. The summed E-state index contributed by atoms with van der Waals surface area (Å²) in [5.74, 6) is -1.50. The number of aliphatic carboxylic acids is 1. The van der Waals surface area contributed by atoms with Gasteiger partial charge < -0.3 is 9.84 Å². The summed E-state index contributed by atoms with van der Waals surface area (Å²) in [4.78, 5) is 24.5. The maximum absolute atomic E-state index is 14.3. The molecule has 1 saturated heterocycles. The van der Waals surface area contributed by atoms with Crippen LogP contribution in [-0.4, -0.2) is 45.4 Å². The molecule has 1 aliphatic heterocycles. The quantitative estimate of drug-likeness (QED) is 0.796. The first-order chi connectivity index (χ1) is 8.58. The molecule has 2 aliphatic rings. The molecule has 1 spiro atoms. The Morgan fingerprint density at radius 2 is 1.89 bits per heavy atom. The van der Waals surface area contributed by atoms with Crippen LogP contribution in [0, 0.1) is 0 Å². The van der Waals surface area contributed by atoms with Gasteiger partial charge in [-0.2, -0.15) is 0 Å². The van der Waals surface area contributed by atoms with Gasteiger partial charge in [-0.05, 0) is 40.0 Å². The molecule has 1 atom stereocenters. The molecule has 108 valence electrons. The van der Waals surface area contributed by atoms with Crippen molar-refractivity contribution in [2.24, 2.45) is 0 Å². The zero-order chi connectivity index (χ0) is 14.5. The molecule has 1 heterocycles. The van der Waals surface area contributed by atoms with E-state index >= 15 is 0 Å². The highest BCUT2D eigenvalue weighted by Crippen LogP contribution is 2.50. The van der Waals surface area contributed by atoms with Crippen molar-refractivity contribution in [1.82, 2.24) is 4.90 Å². The molecule has 5 nitrogen and oxygen atoms in total. The molecular formula is C13H20FNO4. The van der Waals surface area contributed by atoms with E-state index in [-0.39, 0.29) is 6.42 Å². The Labute approximate surface area is 111 Å². The molecule has 2 rings (SSSR count). The number of nitrogens with zero attached hydrogens (tertiary/aromatic N) is 1. The summed E-state index contributed by atoms with van der Waals surface area (Å²) in [6.45, 7) is 4.77. The molecule has 1 N–H and O–H groups in total. The second-order valence-electron chi connectivity index (χ2n) is 6.59. The summed E-state index contributed by atoms with van der Waals surface area (Å²) in [7, 11) is 0.